The summed E-state index contributed by atoms with van der Waals surface area (Å²) >= 11 is 0. The van der Waals surface area contributed by atoms with Crippen molar-refractivity contribution >= 4 is 11.6 Å². The summed E-state index contributed by atoms with van der Waals surface area (Å²) in [6, 6.07) is 6.07. The number of carbonyl (C=O) groups excluding carboxylic acids is 1. The topological polar surface area (TPSA) is 32.3 Å². The van der Waals surface area contributed by atoms with E-state index in [1.165, 1.54) is 17.0 Å². The van der Waals surface area contributed by atoms with Gasteiger partial charge in [-0.15, -0.1) is 0 Å². The molecule has 0 unspecified atom stereocenters. The molecular formula is C13H19FN2O. The normalized spacial score (nSPS) is 10.3. The third kappa shape index (κ3) is 4.53. The Kier molecular flexibility index (Phi) is 5.63. The molecule has 0 aliphatic carbocycles. The van der Waals surface area contributed by atoms with Gasteiger partial charge in [-0.1, -0.05) is 6.07 Å². The molecule has 17 heavy (non-hydrogen) atoms. The summed E-state index contributed by atoms with van der Waals surface area (Å²) in [5, 5.41) is 3.04. The summed E-state index contributed by atoms with van der Waals surface area (Å²) in [4.78, 5) is 13.3. The molecule has 1 amide bonds. The van der Waals surface area contributed by atoms with Crippen LogP contribution in [-0.2, 0) is 4.79 Å². The summed E-state index contributed by atoms with van der Waals surface area (Å²) in [6.07, 6.45) is 2.31. The van der Waals surface area contributed by atoms with Crippen LogP contribution < -0.4 is 10.2 Å². The van der Waals surface area contributed by atoms with E-state index in [1.807, 2.05) is 7.05 Å². The minimum absolute atomic E-state index is 0.0201. The van der Waals surface area contributed by atoms with Crippen LogP contribution in [0, 0.1) is 5.82 Å². The van der Waals surface area contributed by atoms with E-state index in [0.717, 1.165) is 19.4 Å². The Bertz CT molecular complexity index is 368. The van der Waals surface area contributed by atoms with E-state index in [4.69, 9.17) is 0 Å². The molecule has 3 nitrogen and oxygen atoms in total. The van der Waals surface area contributed by atoms with Gasteiger partial charge in [0.1, 0.15) is 5.82 Å². The van der Waals surface area contributed by atoms with Crippen molar-refractivity contribution in [1.29, 1.82) is 0 Å². The van der Waals surface area contributed by atoms with Gasteiger partial charge in [0.15, 0.2) is 0 Å². The molecule has 0 bridgehead atoms. The van der Waals surface area contributed by atoms with Crippen LogP contribution in [0.5, 0.6) is 0 Å². The van der Waals surface area contributed by atoms with Crippen LogP contribution in [0.1, 0.15) is 19.3 Å². The molecule has 94 valence electrons. The summed E-state index contributed by atoms with van der Waals surface area (Å²) < 4.78 is 13.0. The number of halogens is 1. The second-order valence-electron chi connectivity index (χ2n) is 3.99. The lowest BCUT2D eigenvalue weighted by molar-refractivity contribution is -0.118. The van der Waals surface area contributed by atoms with Crippen molar-refractivity contribution in [3.63, 3.8) is 0 Å². The zero-order valence-electron chi connectivity index (χ0n) is 10.4. The molecule has 4 heteroatoms. The Labute approximate surface area is 102 Å². The van der Waals surface area contributed by atoms with Crippen LogP contribution in [0.4, 0.5) is 10.1 Å². The van der Waals surface area contributed by atoms with Gasteiger partial charge >= 0.3 is 0 Å². The smallest absolute Gasteiger partial charge is 0.226 e. The van der Waals surface area contributed by atoms with Crippen LogP contribution in [0.15, 0.2) is 24.3 Å². The SMILES string of the molecule is CNCCCCC(=O)N(C)c1cccc(F)c1. The van der Waals surface area contributed by atoms with Crippen molar-refractivity contribution in [3.05, 3.63) is 30.1 Å². The third-order valence-electron chi connectivity index (χ3n) is 2.64. The molecule has 0 aromatic heterocycles. The summed E-state index contributed by atoms with van der Waals surface area (Å²) in [6.45, 7) is 0.914. The zero-order valence-corrected chi connectivity index (χ0v) is 10.4. The molecule has 0 aliphatic rings. The average Bonchev–Trinajstić information content (AvgIpc) is 2.33. The number of unbranched alkanes of at least 4 members (excludes halogenated alkanes) is 1. The Morgan fingerprint density at radius 3 is 2.82 bits per heavy atom. The van der Waals surface area contributed by atoms with Gasteiger partial charge in [0, 0.05) is 19.2 Å². The molecule has 1 aromatic carbocycles. The van der Waals surface area contributed by atoms with Gasteiger partial charge in [-0.3, -0.25) is 4.79 Å². The Hall–Kier alpha value is -1.42. The molecule has 0 heterocycles. The molecule has 0 saturated heterocycles. The quantitative estimate of drug-likeness (QED) is 0.770. The van der Waals surface area contributed by atoms with E-state index in [1.54, 1.807) is 19.2 Å². The van der Waals surface area contributed by atoms with Crippen molar-refractivity contribution < 1.29 is 9.18 Å². The first-order valence-electron chi connectivity index (χ1n) is 5.82. The molecule has 0 saturated carbocycles. The number of nitrogens with zero attached hydrogens (tertiary/aromatic N) is 1. The number of carbonyl (C=O) groups is 1. The van der Waals surface area contributed by atoms with Gasteiger partial charge < -0.3 is 10.2 Å². The summed E-state index contributed by atoms with van der Waals surface area (Å²) in [7, 11) is 3.57. The lowest BCUT2D eigenvalue weighted by Gasteiger charge is -2.17. The van der Waals surface area contributed by atoms with Crippen molar-refractivity contribution in [1.82, 2.24) is 5.32 Å². The lowest BCUT2D eigenvalue weighted by atomic mass is 10.2. The summed E-state index contributed by atoms with van der Waals surface area (Å²) in [5.74, 6) is -0.302. The van der Waals surface area contributed by atoms with Crippen LogP contribution in [-0.4, -0.2) is 26.5 Å². The molecule has 0 radical (unpaired) electrons. The number of benzene rings is 1. The van der Waals surface area contributed by atoms with E-state index >= 15 is 0 Å². The predicted molar refractivity (Wildman–Crippen MR) is 67.6 cm³/mol. The van der Waals surface area contributed by atoms with E-state index in [0.29, 0.717) is 12.1 Å². The fourth-order valence-corrected chi connectivity index (χ4v) is 1.57. The molecule has 1 N–H and O–H groups in total. The number of amides is 1. The van der Waals surface area contributed by atoms with Gasteiger partial charge in [0.25, 0.3) is 0 Å². The van der Waals surface area contributed by atoms with Crippen LogP contribution in [0.2, 0.25) is 0 Å². The first-order valence-corrected chi connectivity index (χ1v) is 5.82. The number of rotatable bonds is 6. The maximum atomic E-state index is 13.0. The van der Waals surface area contributed by atoms with Crippen LogP contribution in [0.3, 0.4) is 0 Å². The predicted octanol–water partition coefficient (Wildman–Crippen LogP) is 2.18. The summed E-state index contributed by atoms with van der Waals surface area (Å²) in [5.41, 5.74) is 0.601. The second-order valence-corrected chi connectivity index (χ2v) is 3.99. The highest BCUT2D eigenvalue weighted by Gasteiger charge is 2.10. The average molecular weight is 238 g/mol. The maximum absolute atomic E-state index is 13.0. The molecule has 0 aliphatic heterocycles. The van der Waals surface area contributed by atoms with Crippen molar-refractivity contribution in [3.8, 4) is 0 Å². The van der Waals surface area contributed by atoms with Gasteiger partial charge in [-0.2, -0.15) is 0 Å². The van der Waals surface area contributed by atoms with E-state index in [9.17, 15) is 9.18 Å². The number of hydrogen-bond acceptors (Lipinski definition) is 2. The van der Waals surface area contributed by atoms with Gasteiger partial charge in [0.05, 0.1) is 0 Å². The molecule has 1 aromatic rings. The number of hydrogen-bond donors (Lipinski definition) is 1. The highest BCUT2D eigenvalue weighted by atomic mass is 19.1. The van der Waals surface area contributed by atoms with E-state index in [-0.39, 0.29) is 11.7 Å². The first-order chi connectivity index (χ1) is 8.15. The first kappa shape index (κ1) is 13.6. The molecule has 0 atom stereocenters. The molecule has 0 spiro atoms. The van der Waals surface area contributed by atoms with Crippen molar-refractivity contribution in [2.75, 3.05) is 25.5 Å². The lowest BCUT2D eigenvalue weighted by Crippen LogP contribution is -2.26. The minimum Gasteiger partial charge on any atom is -0.320 e. The highest BCUT2D eigenvalue weighted by molar-refractivity contribution is 5.92. The Balaban J connectivity index is 2.46. The van der Waals surface area contributed by atoms with E-state index in [2.05, 4.69) is 5.32 Å². The highest BCUT2D eigenvalue weighted by Crippen LogP contribution is 2.15. The zero-order chi connectivity index (χ0) is 12.7. The largest absolute Gasteiger partial charge is 0.320 e. The minimum atomic E-state index is -0.322. The van der Waals surface area contributed by atoms with Crippen molar-refractivity contribution in [2.24, 2.45) is 0 Å². The number of anilines is 1. The van der Waals surface area contributed by atoms with E-state index < -0.39 is 0 Å². The van der Waals surface area contributed by atoms with Gasteiger partial charge in [-0.05, 0) is 44.6 Å². The fourth-order valence-electron chi connectivity index (χ4n) is 1.57. The van der Waals surface area contributed by atoms with Crippen LogP contribution in [0.25, 0.3) is 0 Å². The molecule has 1 rings (SSSR count). The monoisotopic (exact) mass is 238 g/mol. The molecular weight excluding hydrogens is 219 g/mol. The maximum Gasteiger partial charge on any atom is 0.226 e. The van der Waals surface area contributed by atoms with Gasteiger partial charge in [-0.25, -0.2) is 4.39 Å². The number of nitrogens with one attached hydrogen (secondary N) is 1. The van der Waals surface area contributed by atoms with Gasteiger partial charge in [0.2, 0.25) is 5.91 Å². The molecule has 0 fully saturated rings. The second kappa shape index (κ2) is 7.01. The third-order valence-corrected chi connectivity index (χ3v) is 2.64. The Morgan fingerprint density at radius 1 is 1.41 bits per heavy atom. The fraction of sp³-hybridized carbons (Fsp3) is 0.462. The van der Waals surface area contributed by atoms with Crippen LogP contribution >= 0.6 is 0 Å². The standard InChI is InChI=1S/C13H19FN2O/c1-15-9-4-3-8-13(17)16(2)12-7-5-6-11(14)10-12/h5-7,10,15H,3-4,8-9H2,1-2H3. The van der Waals surface area contributed by atoms with Crippen molar-refractivity contribution in [2.45, 2.75) is 19.3 Å². The Morgan fingerprint density at radius 2 is 2.18 bits per heavy atom.